The van der Waals surface area contributed by atoms with Crippen molar-refractivity contribution < 1.29 is 53.0 Å². The highest BCUT2D eigenvalue weighted by Gasteiger charge is 2.78. The van der Waals surface area contributed by atoms with E-state index in [-0.39, 0.29) is 36.9 Å². The second-order valence-corrected chi connectivity index (χ2v) is 15.9. The molecule has 17 atom stereocenters. The van der Waals surface area contributed by atoms with Gasteiger partial charge in [0.25, 0.3) is 0 Å². The fourth-order valence-electron chi connectivity index (χ4n) is 9.63. The summed E-state index contributed by atoms with van der Waals surface area (Å²) >= 11 is 0. The van der Waals surface area contributed by atoms with Crippen LogP contribution >= 0.6 is 0 Å². The van der Waals surface area contributed by atoms with E-state index < -0.39 is 88.5 Å². The first kappa shape index (κ1) is 34.6. The van der Waals surface area contributed by atoms with Gasteiger partial charge >= 0.3 is 5.97 Å². The summed E-state index contributed by atoms with van der Waals surface area (Å²) in [5, 5.41) is 23.8. The third-order valence-corrected chi connectivity index (χ3v) is 12.4. The Kier molecular flexibility index (Phi) is 8.59. The first-order chi connectivity index (χ1) is 21.4. The van der Waals surface area contributed by atoms with E-state index in [4.69, 9.17) is 38.9 Å². The molecule has 46 heavy (non-hydrogen) atoms. The quantitative estimate of drug-likeness (QED) is 0.300. The summed E-state index contributed by atoms with van der Waals surface area (Å²) in [6, 6.07) is -0.145. The number of aliphatic hydroxyl groups excluding tert-OH is 1. The van der Waals surface area contributed by atoms with Crippen LogP contribution in [0.15, 0.2) is 0 Å². The molecule has 12 nitrogen and oxygen atoms in total. The van der Waals surface area contributed by atoms with Crippen LogP contribution in [0.2, 0.25) is 0 Å². The van der Waals surface area contributed by atoms with Gasteiger partial charge in [-0.25, -0.2) is 0 Å². The molecule has 0 amide bonds. The van der Waals surface area contributed by atoms with E-state index in [1.807, 2.05) is 34.6 Å². The highest BCUT2D eigenvalue weighted by molar-refractivity contribution is 5.84. The summed E-state index contributed by atoms with van der Waals surface area (Å²) in [5.74, 6) is -5.87. The molecule has 7 unspecified atom stereocenters. The van der Waals surface area contributed by atoms with Crippen LogP contribution in [-0.2, 0) is 42.7 Å². The second-order valence-electron chi connectivity index (χ2n) is 15.9. The molecule has 1 saturated carbocycles. The Morgan fingerprint density at radius 2 is 1.72 bits per heavy atom. The third-order valence-electron chi connectivity index (χ3n) is 12.4. The zero-order chi connectivity index (χ0) is 33.8. The van der Waals surface area contributed by atoms with Crippen LogP contribution in [0.1, 0.15) is 93.9 Å². The molecule has 262 valence electrons. The van der Waals surface area contributed by atoms with Crippen molar-refractivity contribution in [2.45, 2.75) is 166 Å². The SMILES string of the molecule is CC[C@@]12C[C@@]1(C)[C@H](O)[C@@H](C)C(=O)[C@H](C)C[C@](C)(O)[C@H](OC1CC(N)CC(C)O1)[C@@H](C)[C@@H]1OC3(CC4(OC)OC4C(C)O3)[C@H]1C(=O)O2. The Balaban J connectivity index is 1.40. The number of carbonyl (C=O) groups is 2. The normalized spacial score (nSPS) is 57.3. The van der Waals surface area contributed by atoms with Crippen molar-refractivity contribution in [2.24, 2.45) is 34.8 Å². The predicted octanol–water partition coefficient (Wildman–Crippen LogP) is 2.58. The van der Waals surface area contributed by atoms with Crippen molar-refractivity contribution in [3.63, 3.8) is 0 Å². The maximum atomic E-state index is 14.5. The van der Waals surface area contributed by atoms with Gasteiger partial charge < -0.3 is 49.1 Å². The van der Waals surface area contributed by atoms with Gasteiger partial charge in [0.15, 0.2) is 12.1 Å². The van der Waals surface area contributed by atoms with E-state index in [1.165, 1.54) is 0 Å². The summed E-state index contributed by atoms with van der Waals surface area (Å²) in [6.07, 6.45) is -2.11. The molecule has 12 heteroatoms. The molecular weight excluding hydrogens is 598 g/mol. The summed E-state index contributed by atoms with van der Waals surface area (Å²) in [5.41, 5.74) is 2.98. The van der Waals surface area contributed by atoms with Crippen LogP contribution in [0.25, 0.3) is 0 Å². The number of epoxide rings is 1. The zero-order valence-electron chi connectivity index (χ0n) is 28.8. The van der Waals surface area contributed by atoms with Gasteiger partial charge in [-0.05, 0) is 46.5 Å². The molecule has 5 aliphatic heterocycles. The minimum absolute atomic E-state index is 0.0602. The number of ether oxygens (including phenoxy) is 7. The zero-order valence-corrected chi connectivity index (χ0v) is 28.8. The molecule has 0 aromatic carbocycles. The molecular formula is C34H55NO11. The summed E-state index contributed by atoms with van der Waals surface area (Å²) in [6.45, 7) is 14.6. The molecule has 0 radical (unpaired) electrons. The fourth-order valence-corrected chi connectivity index (χ4v) is 9.63. The smallest absolute Gasteiger partial charge is 0.317 e. The maximum Gasteiger partial charge on any atom is 0.317 e. The van der Waals surface area contributed by atoms with Gasteiger partial charge in [0.2, 0.25) is 5.79 Å². The number of hydrogen-bond donors (Lipinski definition) is 3. The van der Waals surface area contributed by atoms with Crippen molar-refractivity contribution in [3.05, 3.63) is 0 Å². The minimum Gasteiger partial charge on any atom is -0.458 e. The first-order valence-electron chi connectivity index (χ1n) is 17.2. The number of rotatable bonds is 4. The van der Waals surface area contributed by atoms with E-state index in [1.54, 1.807) is 27.9 Å². The minimum atomic E-state index is -1.56. The van der Waals surface area contributed by atoms with Gasteiger partial charge in [-0.3, -0.25) is 9.59 Å². The Hall–Kier alpha value is -1.22. The van der Waals surface area contributed by atoms with Gasteiger partial charge in [0.05, 0.1) is 42.5 Å². The number of esters is 1. The molecule has 5 heterocycles. The monoisotopic (exact) mass is 653 g/mol. The van der Waals surface area contributed by atoms with Crippen LogP contribution < -0.4 is 5.73 Å². The van der Waals surface area contributed by atoms with E-state index in [9.17, 15) is 19.8 Å². The highest BCUT2D eigenvalue weighted by atomic mass is 16.8. The van der Waals surface area contributed by atoms with Gasteiger partial charge in [0.1, 0.15) is 23.4 Å². The predicted molar refractivity (Wildman–Crippen MR) is 163 cm³/mol. The third kappa shape index (κ3) is 5.29. The largest absolute Gasteiger partial charge is 0.458 e. The van der Waals surface area contributed by atoms with E-state index in [0.717, 1.165) is 0 Å². The van der Waals surface area contributed by atoms with Crippen molar-refractivity contribution in [1.29, 1.82) is 0 Å². The lowest BCUT2D eigenvalue weighted by Crippen LogP contribution is -2.72. The van der Waals surface area contributed by atoms with Crippen molar-refractivity contribution >= 4 is 11.8 Å². The van der Waals surface area contributed by atoms with Crippen LogP contribution in [0.4, 0.5) is 0 Å². The average molecular weight is 654 g/mol. The number of nitrogens with two attached hydrogens (primary N) is 1. The average Bonchev–Trinajstić information content (AvgIpc) is 3.85. The number of fused-ring (bicyclic) bond motifs is 4. The van der Waals surface area contributed by atoms with Gasteiger partial charge in [0, 0.05) is 42.7 Å². The van der Waals surface area contributed by atoms with E-state index >= 15 is 0 Å². The molecule has 0 aromatic rings. The molecule has 4 N–H and O–H groups in total. The number of Topliss-reactive ketones (excluding diaryl/α,β-unsaturated/α-hetero) is 1. The van der Waals surface area contributed by atoms with Gasteiger partial charge in [-0.2, -0.15) is 0 Å². The molecule has 5 saturated heterocycles. The molecule has 1 aliphatic carbocycles. The van der Waals surface area contributed by atoms with Crippen LogP contribution in [0.5, 0.6) is 0 Å². The van der Waals surface area contributed by atoms with Gasteiger partial charge in [-0.1, -0.05) is 34.6 Å². The first-order valence-corrected chi connectivity index (χ1v) is 17.2. The number of hydrogen-bond acceptors (Lipinski definition) is 12. The molecule has 6 aliphatic rings. The lowest BCUT2D eigenvalue weighted by atomic mass is 9.70. The number of aliphatic hydroxyl groups is 2. The number of carbonyl (C=O) groups excluding carboxylic acids is 2. The Morgan fingerprint density at radius 3 is 2.35 bits per heavy atom. The van der Waals surface area contributed by atoms with Crippen LogP contribution in [0, 0.1) is 29.1 Å². The number of ketones is 1. The molecule has 0 bridgehead atoms. The van der Waals surface area contributed by atoms with Crippen molar-refractivity contribution in [3.8, 4) is 0 Å². The van der Waals surface area contributed by atoms with Gasteiger partial charge in [-0.15, -0.1) is 0 Å². The molecule has 6 fully saturated rings. The van der Waals surface area contributed by atoms with Crippen molar-refractivity contribution in [2.75, 3.05) is 7.11 Å². The van der Waals surface area contributed by atoms with Crippen LogP contribution in [-0.4, -0.2) is 101 Å². The summed E-state index contributed by atoms with van der Waals surface area (Å²) < 4.78 is 43.9. The summed E-state index contributed by atoms with van der Waals surface area (Å²) in [7, 11) is 1.57. The Labute approximate surface area is 272 Å². The molecule has 0 aromatic heterocycles. The molecule has 1 spiro atoms. The fraction of sp³-hybridized carbons (Fsp3) is 0.941. The number of methoxy groups -OCH3 is 1. The topological polar surface area (TPSA) is 169 Å². The molecule has 6 rings (SSSR count). The maximum absolute atomic E-state index is 14.5. The van der Waals surface area contributed by atoms with E-state index in [2.05, 4.69) is 0 Å². The summed E-state index contributed by atoms with van der Waals surface area (Å²) in [4.78, 5) is 28.3. The second kappa shape index (κ2) is 11.4. The lowest BCUT2D eigenvalue weighted by Gasteiger charge is -2.58. The van der Waals surface area contributed by atoms with Crippen molar-refractivity contribution in [1.82, 2.24) is 0 Å². The Bertz CT molecular complexity index is 1210. The highest BCUT2D eigenvalue weighted by Crippen LogP contribution is 2.66. The Morgan fingerprint density at radius 1 is 1.02 bits per heavy atom. The van der Waals surface area contributed by atoms with Crippen LogP contribution in [0.3, 0.4) is 0 Å². The lowest BCUT2D eigenvalue weighted by molar-refractivity contribution is -0.420. The standard InChI is InChI=1S/C34H55NO11/c1-10-32-14-30(32,7)26(37)18(4)24(36)16(2)13-31(8,39)27(42-22-12-21(35)11-17(3)41-22)19(5)25-23(29(38)46-32)33(44-25)15-34(40-9)28(45-34)20(6)43-33/h16-23,25-28,37,39H,10-15,35H2,1-9H3/t16-,17?,18+,19+,20?,21?,22?,23-,25+,26-,27-,28?,30+,31+,32-,33?,34?/m1/s1. The van der Waals surface area contributed by atoms with E-state index in [0.29, 0.717) is 25.7 Å².